The first kappa shape index (κ1) is 10.3. The molecule has 0 spiro atoms. The monoisotopic (exact) mass is 198 g/mol. The highest BCUT2D eigenvalue weighted by Crippen LogP contribution is 1.96. The maximum Gasteiger partial charge on any atom is 0.347 e. The lowest BCUT2D eigenvalue weighted by Crippen LogP contribution is -2.22. The summed E-state index contributed by atoms with van der Waals surface area (Å²) in [5, 5.41) is 0. The van der Waals surface area contributed by atoms with Gasteiger partial charge in [0.2, 0.25) is 0 Å². The zero-order chi connectivity index (χ0) is 9.68. The van der Waals surface area contributed by atoms with Crippen molar-refractivity contribution in [2.75, 3.05) is 5.75 Å². The van der Waals surface area contributed by atoms with Crippen molar-refractivity contribution in [1.29, 1.82) is 0 Å². The molecule has 0 radical (unpaired) electrons. The highest BCUT2D eigenvalue weighted by molar-refractivity contribution is 7.80. The minimum atomic E-state index is -0.162. The number of unbranched alkanes of at least 4 members (excludes halogenated alkanes) is 1. The second kappa shape index (κ2) is 5.07. The quantitative estimate of drug-likeness (QED) is 0.584. The van der Waals surface area contributed by atoms with Crippen molar-refractivity contribution >= 4 is 12.6 Å². The van der Waals surface area contributed by atoms with Crippen LogP contribution in [0.1, 0.15) is 18.4 Å². The first-order valence-corrected chi connectivity index (χ1v) is 5.01. The molecule has 0 aromatic carbocycles. The lowest BCUT2D eigenvalue weighted by Gasteiger charge is -2.03. The molecule has 0 aliphatic heterocycles. The minimum absolute atomic E-state index is 0.162. The fraction of sp³-hybridized carbons (Fsp3) is 0.556. The largest absolute Gasteiger partial charge is 0.347 e. The summed E-state index contributed by atoms with van der Waals surface area (Å²) in [7, 11) is 0. The summed E-state index contributed by atoms with van der Waals surface area (Å²) in [6.07, 6.45) is 5.45. The molecule has 13 heavy (non-hydrogen) atoms. The number of aryl methyl sites for hydroxylation is 2. The number of thiol groups is 1. The van der Waals surface area contributed by atoms with E-state index >= 15 is 0 Å². The van der Waals surface area contributed by atoms with E-state index in [1.807, 2.05) is 13.1 Å². The van der Waals surface area contributed by atoms with Gasteiger partial charge in [0.1, 0.15) is 0 Å². The molecule has 1 aromatic rings. The SMILES string of the molecule is Cc1cnc(=O)n(CCCCS)c1. The van der Waals surface area contributed by atoms with E-state index in [-0.39, 0.29) is 5.69 Å². The van der Waals surface area contributed by atoms with Crippen LogP contribution in [-0.4, -0.2) is 15.3 Å². The van der Waals surface area contributed by atoms with Crippen LogP contribution >= 0.6 is 12.6 Å². The highest BCUT2D eigenvalue weighted by atomic mass is 32.1. The van der Waals surface area contributed by atoms with Crippen LogP contribution in [-0.2, 0) is 6.54 Å². The van der Waals surface area contributed by atoms with Crippen LogP contribution in [0.3, 0.4) is 0 Å². The third-order valence-electron chi connectivity index (χ3n) is 1.79. The first-order valence-electron chi connectivity index (χ1n) is 4.38. The minimum Gasteiger partial charge on any atom is -0.299 e. The van der Waals surface area contributed by atoms with Gasteiger partial charge >= 0.3 is 5.69 Å². The number of aromatic nitrogens is 2. The third-order valence-corrected chi connectivity index (χ3v) is 2.11. The van der Waals surface area contributed by atoms with Crippen molar-refractivity contribution in [2.24, 2.45) is 0 Å². The van der Waals surface area contributed by atoms with E-state index in [1.165, 1.54) is 0 Å². The first-order chi connectivity index (χ1) is 6.24. The summed E-state index contributed by atoms with van der Waals surface area (Å²) in [6, 6.07) is 0. The molecule has 1 rings (SSSR count). The van der Waals surface area contributed by atoms with Crippen LogP contribution in [0.2, 0.25) is 0 Å². The van der Waals surface area contributed by atoms with Crippen LogP contribution in [0.5, 0.6) is 0 Å². The van der Waals surface area contributed by atoms with Crippen molar-refractivity contribution < 1.29 is 0 Å². The molecule has 0 amide bonds. The van der Waals surface area contributed by atoms with Gasteiger partial charge in [-0.1, -0.05) is 0 Å². The predicted molar refractivity (Wildman–Crippen MR) is 56.3 cm³/mol. The summed E-state index contributed by atoms with van der Waals surface area (Å²) in [5.74, 6) is 0.869. The third kappa shape index (κ3) is 3.22. The average molecular weight is 198 g/mol. The van der Waals surface area contributed by atoms with E-state index in [1.54, 1.807) is 10.8 Å². The molecule has 1 aromatic heterocycles. The Kier molecular flexibility index (Phi) is 4.02. The van der Waals surface area contributed by atoms with Crippen molar-refractivity contribution in [1.82, 2.24) is 9.55 Å². The van der Waals surface area contributed by atoms with Gasteiger partial charge in [0.25, 0.3) is 0 Å². The van der Waals surface area contributed by atoms with Crippen molar-refractivity contribution in [3.63, 3.8) is 0 Å². The summed E-state index contributed by atoms with van der Waals surface area (Å²) in [5.41, 5.74) is 0.857. The molecule has 0 unspecified atom stereocenters. The van der Waals surface area contributed by atoms with Crippen molar-refractivity contribution in [3.8, 4) is 0 Å². The topological polar surface area (TPSA) is 34.9 Å². The fourth-order valence-electron chi connectivity index (χ4n) is 1.12. The van der Waals surface area contributed by atoms with Crippen LogP contribution in [0, 0.1) is 6.92 Å². The van der Waals surface area contributed by atoms with Gasteiger partial charge in [-0.25, -0.2) is 9.78 Å². The van der Waals surface area contributed by atoms with E-state index in [0.29, 0.717) is 0 Å². The van der Waals surface area contributed by atoms with E-state index in [0.717, 1.165) is 30.7 Å². The van der Waals surface area contributed by atoms with E-state index < -0.39 is 0 Å². The Morgan fingerprint density at radius 2 is 2.31 bits per heavy atom. The van der Waals surface area contributed by atoms with Crippen LogP contribution in [0.15, 0.2) is 17.2 Å². The number of rotatable bonds is 4. The molecule has 72 valence electrons. The second-order valence-corrected chi connectivity index (χ2v) is 3.49. The summed E-state index contributed by atoms with van der Waals surface area (Å²) >= 11 is 4.11. The molecule has 3 nitrogen and oxygen atoms in total. The van der Waals surface area contributed by atoms with Gasteiger partial charge in [-0.2, -0.15) is 12.6 Å². The fourth-order valence-corrected chi connectivity index (χ4v) is 1.34. The molecule has 1 heterocycles. The Morgan fingerprint density at radius 3 is 3.00 bits per heavy atom. The zero-order valence-corrected chi connectivity index (χ0v) is 8.63. The Labute approximate surface area is 83.2 Å². The molecular formula is C9H14N2OS. The Bertz CT molecular complexity index is 322. The molecule has 0 aliphatic carbocycles. The van der Waals surface area contributed by atoms with Gasteiger partial charge in [0.15, 0.2) is 0 Å². The lowest BCUT2D eigenvalue weighted by molar-refractivity contribution is 0.599. The maximum atomic E-state index is 11.2. The molecule has 0 saturated carbocycles. The van der Waals surface area contributed by atoms with Crippen molar-refractivity contribution in [2.45, 2.75) is 26.3 Å². The van der Waals surface area contributed by atoms with Gasteiger partial charge in [0.05, 0.1) is 0 Å². The number of nitrogens with zero attached hydrogens (tertiary/aromatic N) is 2. The predicted octanol–water partition coefficient (Wildman–Crippen LogP) is 1.26. The number of hydrogen-bond donors (Lipinski definition) is 1. The van der Waals surface area contributed by atoms with Crippen LogP contribution in [0.25, 0.3) is 0 Å². The molecule has 0 atom stereocenters. The molecule has 0 bridgehead atoms. The van der Waals surface area contributed by atoms with E-state index in [9.17, 15) is 4.79 Å². The van der Waals surface area contributed by atoms with Crippen LogP contribution < -0.4 is 5.69 Å². The van der Waals surface area contributed by atoms with E-state index in [2.05, 4.69) is 17.6 Å². The Morgan fingerprint density at radius 1 is 1.54 bits per heavy atom. The molecule has 0 N–H and O–H groups in total. The smallest absolute Gasteiger partial charge is 0.299 e. The molecule has 0 saturated heterocycles. The second-order valence-electron chi connectivity index (χ2n) is 3.04. The summed E-state index contributed by atoms with van der Waals surface area (Å²) in [6.45, 7) is 2.68. The molecule has 0 aliphatic rings. The van der Waals surface area contributed by atoms with Gasteiger partial charge in [-0.3, -0.25) is 4.57 Å². The molecule has 0 fully saturated rings. The Hall–Kier alpha value is -0.770. The lowest BCUT2D eigenvalue weighted by atomic mass is 10.3. The van der Waals surface area contributed by atoms with Crippen molar-refractivity contribution in [3.05, 3.63) is 28.4 Å². The Balaban J connectivity index is 2.65. The van der Waals surface area contributed by atoms with Gasteiger partial charge < -0.3 is 0 Å². The van der Waals surface area contributed by atoms with E-state index in [4.69, 9.17) is 0 Å². The van der Waals surface area contributed by atoms with Crippen LogP contribution in [0.4, 0.5) is 0 Å². The maximum absolute atomic E-state index is 11.2. The molecular weight excluding hydrogens is 184 g/mol. The van der Waals surface area contributed by atoms with Gasteiger partial charge in [0, 0.05) is 18.9 Å². The standard InChI is InChI=1S/C9H14N2OS/c1-8-6-10-9(12)11(7-8)4-2-3-5-13/h6-7,13H,2-5H2,1H3. The number of hydrogen-bond acceptors (Lipinski definition) is 3. The van der Waals surface area contributed by atoms with Gasteiger partial charge in [-0.05, 0) is 31.1 Å². The zero-order valence-electron chi connectivity index (χ0n) is 7.73. The summed E-state index contributed by atoms with van der Waals surface area (Å²) in [4.78, 5) is 14.9. The normalized spacial score (nSPS) is 10.3. The van der Waals surface area contributed by atoms with Gasteiger partial charge in [-0.15, -0.1) is 0 Å². The summed E-state index contributed by atoms with van der Waals surface area (Å²) < 4.78 is 1.65. The molecule has 4 heteroatoms. The highest BCUT2D eigenvalue weighted by Gasteiger charge is 1.96. The average Bonchev–Trinajstić information content (AvgIpc) is 2.11.